The highest BCUT2D eigenvalue weighted by Gasteiger charge is 2.34. The summed E-state index contributed by atoms with van der Waals surface area (Å²) in [5, 5.41) is 0. The van der Waals surface area contributed by atoms with Gasteiger partial charge in [-0.25, -0.2) is 26.5 Å². The average molecular weight is 264 g/mol. The smallest absolute Gasteiger partial charge is 0.233 e. The van der Waals surface area contributed by atoms with Crippen LogP contribution >= 0.6 is 0 Å². The minimum atomic E-state index is -2.98. The van der Waals surface area contributed by atoms with Crippen LogP contribution in [0.25, 0.3) is 0 Å². The van der Waals surface area contributed by atoms with Crippen LogP contribution in [0.1, 0.15) is 5.56 Å². The van der Waals surface area contributed by atoms with Crippen LogP contribution in [0.5, 0.6) is 0 Å². The zero-order valence-electron chi connectivity index (χ0n) is 8.83. The summed E-state index contributed by atoms with van der Waals surface area (Å²) in [6.07, 6.45) is 0. The third-order valence-electron chi connectivity index (χ3n) is 2.37. The van der Waals surface area contributed by atoms with E-state index in [4.69, 9.17) is 0 Å². The normalized spacial score (nSPS) is 27.5. The molecule has 94 valence electrons. The van der Waals surface area contributed by atoms with Gasteiger partial charge in [0.1, 0.15) is 22.3 Å². The Balaban J connectivity index is 2.23. The van der Waals surface area contributed by atoms with E-state index in [1.54, 1.807) is 6.07 Å². The zero-order valence-corrected chi connectivity index (χ0v) is 9.64. The first kappa shape index (κ1) is 12.4. The number of rotatable bonds is 2. The maximum absolute atomic E-state index is 13.3. The molecule has 1 N–H and O–H groups in total. The fraction of sp³-hybridized carbons (Fsp3) is 0.400. The average Bonchev–Trinajstić information content (AvgIpc) is 2.27. The number of hydrogen-bond acceptors (Lipinski definition) is 2. The maximum atomic E-state index is 13.3. The minimum absolute atomic E-state index is 0.199. The van der Waals surface area contributed by atoms with Crippen LogP contribution in [0.4, 0.5) is 13.2 Å². The minimum Gasteiger partial charge on any atom is -0.233 e. The molecule has 1 unspecified atom stereocenters. The maximum Gasteiger partial charge on any atom is 0.281 e. The van der Waals surface area contributed by atoms with Gasteiger partial charge in [-0.1, -0.05) is 18.2 Å². The molecule has 0 spiro atoms. The first-order valence-electron chi connectivity index (χ1n) is 4.97. The number of hydrogen-bond donors (Lipinski definition) is 1. The summed E-state index contributed by atoms with van der Waals surface area (Å²) in [7, 11) is -2.98. The number of nitrogens with one attached hydrogen (secondary N) is 1. The van der Waals surface area contributed by atoms with E-state index in [0.717, 1.165) is 0 Å². The van der Waals surface area contributed by atoms with Crippen molar-refractivity contribution in [1.82, 2.24) is 4.72 Å². The van der Waals surface area contributed by atoms with Crippen molar-refractivity contribution >= 4 is 9.92 Å². The molecule has 1 heterocycles. The number of alkyl halides is 2. The van der Waals surface area contributed by atoms with Crippen LogP contribution in [0, 0.1) is 5.82 Å². The molecule has 0 saturated carbocycles. The number of nitrogens with zero attached hydrogens (tertiary/aromatic N) is 1. The van der Waals surface area contributed by atoms with E-state index >= 15 is 0 Å². The van der Waals surface area contributed by atoms with Gasteiger partial charge in [-0.2, -0.15) is 0 Å². The van der Waals surface area contributed by atoms with Crippen molar-refractivity contribution in [3.63, 3.8) is 0 Å². The molecule has 0 radical (unpaired) electrons. The van der Waals surface area contributed by atoms with Gasteiger partial charge < -0.3 is 0 Å². The highest BCUT2D eigenvalue weighted by Crippen LogP contribution is 2.20. The van der Waals surface area contributed by atoms with Crippen LogP contribution in [-0.4, -0.2) is 23.2 Å². The number of benzene rings is 1. The molecule has 0 aliphatic carbocycles. The molecule has 0 bridgehead atoms. The van der Waals surface area contributed by atoms with Gasteiger partial charge in [0.2, 0.25) is 0 Å². The lowest BCUT2D eigenvalue weighted by Crippen LogP contribution is -2.43. The van der Waals surface area contributed by atoms with Crippen molar-refractivity contribution in [2.24, 2.45) is 4.36 Å². The zero-order chi connectivity index (χ0) is 12.5. The monoisotopic (exact) mass is 264 g/mol. The van der Waals surface area contributed by atoms with Crippen molar-refractivity contribution < 1.29 is 17.4 Å². The van der Waals surface area contributed by atoms with Crippen LogP contribution in [0.15, 0.2) is 28.6 Å². The van der Waals surface area contributed by atoms with Gasteiger partial charge in [0, 0.05) is 5.56 Å². The topological polar surface area (TPSA) is 41.5 Å². The summed E-state index contributed by atoms with van der Waals surface area (Å²) < 4.78 is 56.6. The SMILES string of the molecule is O=S1(Cc2ccccc2F)=NCC(F)(F)CN1. The predicted octanol–water partition coefficient (Wildman–Crippen LogP) is 1.95. The van der Waals surface area contributed by atoms with Crippen molar-refractivity contribution in [3.8, 4) is 0 Å². The van der Waals surface area contributed by atoms with Gasteiger partial charge in [-0.15, -0.1) is 0 Å². The Kier molecular flexibility index (Phi) is 3.13. The molecular weight excluding hydrogens is 253 g/mol. The molecule has 0 amide bonds. The quantitative estimate of drug-likeness (QED) is 0.871. The van der Waals surface area contributed by atoms with E-state index in [9.17, 15) is 17.4 Å². The molecule has 2 rings (SSSR count). The van der Waals surface area contributed by atoms with Gasteiger partial charge in [-0.3, -0.25) is 0 Å². The van der Waals surface area contributed by atoms with Crippen LogP contribution in [-0.2, 0) is 15.7 Å². The van der Waals surface area contributed by atoms with E-state index in [2.05, 4.69) is 9.08 Å². The molecule has 0 saturated heterocycles. The van der Waals surface area contributed by atoms with E-state index < -0.39 is 34.7 Å². The van der Waals surface area contributed by atoms with Crippen molar-refractivity contribution in [2.45, 2.75) is 11.7 Å². The predicted molar refractivity (Wildman–Crippen MR) is 58.5 cm³/mol. The molecule has 1 aromatic carbocycles. The highest BCUT2D eigenvalue weighted by atomic mass is 32.2. The Hall–Kier alpha value is -1.08. The first-order chi connectivity index (χ1) is 7.90. The molecule has 17 heavy (non-hydrogen) atoms. The van der Waals surface area contributed by atoms with Crippen molar-refractivity contribution in [2.75, 3.05) is 13.1 Å². The Morgan fingerprint density at radius 1 is 1.41 bits per heavy atom. The van der Waals surface area contributed by atoms with Gasteiger partial charge in [0.25, 0.3) is 5.92 Å². The second-order valence-corrected chi connectivity index (χ2v) is 5.96. The van der Waals surface area contributed by atoms with Crippen LogP contribution in [0.3, 0.4) is 0 Å². The third kappa shape index (κ3) is 2.98. The second kappa shape index (κ2) is 4.30. The first-order valence-corrected chi connectivity index (χ1v) is 6.65. The fourth-order valence-electron chi connectivity index (χ4n) is 1.44. The largest absolute Gasteiger partial charge is 0.281 e. The molecular formula is C10H11F3N2OS. The number of halogens is 3. The van der Waals surface area contributed by atoms with E-state index in [-0.39, 0.29) is 11.3 Å². The lowest BCUT2D eigenvalue weighted by Gasteiger charge is -2.23. The highest BCUT2D eigenvalue weighted by molar-refractivity contribution is 7.91. The Morgan fingerprint density at radius 3 is 2.71 bits per heavy atom. The lowest BCUT2D eigenvalue weighted by atomic mass is 10.2. The molecule has 1 atom stereocenters. The molecule has 3 nitrogen and oxygen atoms in total. The van der Waals surface area contributed by atoms with E-state index in [0.29, 0.717) is 0 Å². The van der Waals surface area contributed by atoms with Gasteiger partial charge in [-0.05, 0) is 6.07 Å². The summed E-state index contributed by atoms with van der Waals surface area (Å²) in [5.41, 5.74) is 0.207. The Labute approximate surface area is 97.3 Å². The van der Waals surface area contributed by atoms with Gasteiger partial charge >= 0.3 is 0 Å². The summed E-state index contributed by atoms with van der Waals surface area (Å²) >= 11 is 0. The van der Waals surface area contributed by atoms with E-state index in [1.165, 1.54) is 18.2 Å². The fourth-order valence-corrected chi connectivity index (χ4v) is 3.22. The van der Waals surface area contributed by atoms with Gasteiger partial charge in [0.15, 0.2) is 0 Å². The molecule has 7 heteroatoms. The molecule has 1 aliphatic rings. The van der Waals surface area contributed by atoms with Crippen molar-refractivity contribution in [1.29, 1.82) is 0 Å². The third-order valence-corrected chi connectivity index (χ3v) is 4.21. The van der Waals surface area contributed by atoms with Crippen LogP contribution < -0.4 is 4.72 Å². The summed E-state index contributed by atoms with van der Waals surface area (Å²) in [6, 6.07) is 5.80. The molecule has 0 fully saturated rings. The second-order valence-electron chi connectivity index (χ2n) is 3.84. The summed E-state index contributed by atoms with van der Waals surface area (Å²) in [4.78, 5) is 0. The Bertz CT molecular complexity index is 538. The molecule has 1 aliphatic heterocycles. The lowest BCUT2D eigenvalue weighted by molar-refractivity contribution is 0.0151. The Morgan fingerprint density at radius 2 is 2.12 bits per heavy atom. The van der Waals surface area contributed by atoms with E-state index in [1.807, 2.05) is 0 Å². The standard InChI is InChI=1S/C10H11F3N2OS/c11-9-4-2-1-3-8(9)5-17(16)14-6-10(12,13)7-15-17/h1-4H,5-7H2,(H,14,15,16). The molecule has 0 aromatic heterocycles. The van der Waals surface area contributed by atoms with Crippen LogP contribution in [0.2, 0.25) is 0 Å². The van der Waals surface area contributed by atoms with Gasteiger partial charge in [0.05, 0.1) is 12.3 Å². The summed E-state index contributed by atoms with van der Waals surface area (Å²) in [5.74, 6) is -3.68. The van der Waals surface area contributed by atoms with Crippen molar-refractivity contribution in [3.05, 3.63) is 35.6 Å². The molecule has 1 aromatic rings. The summed E-state index contributed by atoms with van der Waals surface area (Å²) in [6.45, 7) is -1.48.